The summed E-state index contributed by atoms with van der Waals surface area (Å²) in [6, 6.07) is 21.7. The van der Waals surface area contributed by atoms with Crippen LogP contribution in [0.4, 0.5) is 40.7 Å². The van der Waals surface area contributed by atoms with E-state index < -0.39 is 23.8 Å². The molecule has 274 valence electrons. The number of para-hydroxylation sites is 2. The largest absolute Gasteiger partial charge is 0.488 e. The Morgan fingerprint density at radius 3 is 2.29 bits per heavy atom. The molecule has 1 aliphatic rings. The van der Waals surface area contributed by atoms with Crippen LogP contribution in [0.2, 0.25) is 0 Å². The Bertz CT molecular complexity index is 1890. The Balaban J connectivity index is 1.27. The highest BCUT2D eigenvalue weighted by molar-refractivity contribution is 6.06. The molecule has 11 nitrogen and oxygen atoms in total. The van der Waals surface area contributed by atoms with Crippen molar-refractivity contribution >= 4 is 40.6 Å². The van der Waals surface area contributed by atoms with Gasteiger partial charge in [0.15, 0.2) is 0 Å². The van der Waals surface area contributed by atoms with Crippen LogP contribution in [0, 0.1) is 5.92 Å². The maximum Gasteiger partial charge on any atom is 0.416 e. The minimum absolute atomic E-state index is 0.141. The highest BCUT2D eigenvalue weighted by Crippen LogP contribution is 2.32. The van der Waals surface area contributed by atoms with Gasteiger partial charge in [-0.3, -0.25) is 14.5 Å². The van der Waals surface area contributed by atoms with Crippen molar-refractivity contribution in [3.8, 4) is 5.75 Å². The second-order valence-electron chi connectivity index (χ2n) is 12.9. The lowest BCUT2D eigenvalue weighted by Crippen LogP contribution is -2.49. The van der Waals surface area contributed by atoms with Crippen LogP contribution in [0.3, 0.4) is 0 Å². The number of nitrogen functional groups attached to an aromatic ring is 1. The van der Waals surface area contributed by atoms with Gasteiger partial charge in [0.05, 0.1) is 35.2 Å². The molecule has 0 aromatic heterocycles. The van der Waals surface area contributed by atoms with Crippen LogP contribution >= 0.6 is 0 Å². The number of fused-ring (bicyclic) bond motifs is 1. The quantitative estimate of drug-likeness (QED) is 0.117. The fourth-order valence-corrected chi connectivity index (χ4v) is 5.80. The number of nitrogens with one attached hydrogen (secondary N) is 3. The number of benzene rings is 4. The van der Waals surface area contributed by atoms with Crippen molar-refractivity contribution in [1.29, 1.82) is 0 Å². The van der Waals surface area contributed by atoms with E-state index in [1.807, 2.05) is 26.1 Å². The molecule has 0 saturated heterocycles. The molecule has 4 aromatic carbocycles. The monoisotopic (exact) mass is 718 g/mol. The Morgan fingerprint density at radius 2 is 1.63 bits per heavy atom. The molecule has 4 amide bonds. The second kappa shape index (κ2) is 16.2. The third-order valence-electron chi connectivity index (χ3n) is 8.76. The van der Waals surface area contributed by atoms with Crippen LogP contribution in [-0.4, -0.2) is 71.6 Å². The number of anilines is 4. The van der Waals surface area contributed by atoms with Crippen LogP contribution in [0.1, 0.15) is 45.7 Å². The van der Waals surface area contributed by atoms with Gasteiger partial charge in [0.25, 0.3) is 11.8 Å². The number of hydrogen-bond donors (Lipinski definition) is 5. The predicted molar refractivity (Wildman–Crippen MR) is 193 cm³/mol. The summed E-state index contributed by atoms with van der Waals surface area (Å²) in [6.07, 6.45) is -4.88. The van der Waals surface area contributed by atoms with E-state index in [1.54, 1.807) is 60.4 Å². The van der Waals surface area contributed by atoms with Crippen molar-refractivity contribution in [2.45, 2.75) is 38.7 Å². The van der Waals surface area contributed by atoms with Crippen molar-refractivity contribution in [3.63, 3.8) is 0 Å². The van der Waals surface area contributed by atoms with Crippen molar-refractivity contribution in [1.82, 2.24) is 9.80 Å². The number of carbonyl (C=O) groups is 3. The molecule has 0 unspecified atom stereocenters. The molecule has 1 heterocycles. The van der Waals surface area contributed by atoms with E-state index in [9.17, 15) is 32.7 Å². The summed E-state index contributed by atoms with van der Waals surface area (Å²) in [5.41, 5.74) is 8.15. The van der Waals surface area contributed by atoms with Crippen molar-refractivity contribution < 1.29 is 37.4 Å². The number of urea groups is 1. The zero-order valence-corrected chi connectivity index (χ0v) is 28.9. The normalized spacial score (nSPS) is 16.6. The fourth-order valence-electron chi connectivity index (χ4n) is 5.80. The third-order valence-corrected chi connectivity index (χ3v) is 8.76. The van der Waals surface area contributed by atoms with Gasteiger partial charge < -0.3 is 36.4 Å². The number of aliphatic hydroxyl groups excluding tert-OH is 1. The van der Waals surface area contributed by atoms with Gasteiger partial charge in [-0.2, -0.15) is 13.2 Å². The third kappa shape index (κ3) is 9.38. The summed E-state index contributed by atoms with van der Waals surface area (Å²) in [6.45, 7) is 4.76. The first-order valence-electron chi connectivity index (χ1n) is 16.6. The van der Waals surface area contributed by atoms with Gasteiger partial charge in [0.2, 0.25) is 0 Å². The zero-order chi connectivity index (χ0) is 37.6. The van der Waals surface area contributed by atoms with Gasteiger partial charge in [0, 0.05) is 42.5 Å². The number of ether oxygens (including phenoxy) is 1. The first kappa shape index (κ1) is 37.7. The second-order valence-corrected chi connectivity index (χ2v) is 12.9. The van der Waals surface area contributed by atoms with E-state index in [1.165, 1.54) is 6.07 Å². The van der Waals surface area contributed by atoms with Gasteiger partial charge in [-0.25, -0.2) is 4.79 Å². The van der Waals surface area contributed by atoms with Gasteiger partial charge in [-0.05, 0) is 86.3 Å². The first-order chi connectivity index (χ1) is 24.7. The Morgan fingerprint density at radius 1 is 0.981 bits per heavy atom. The minimum Gasteiger partial charge on any atom is -0.488 e. The molecule has 52 heavy (non-hydrogen) atoms. The molecule has 3 atom stereocenters. The maximum atomic E-state index is 13.8. The molecule has 0 bridgehead atoms. The molecule has 1 aliphatic heterocycles. The molecule has 4 aromatic rings. The van der Waals surface area contributed by atoms with Crippen LogP contribution in [-0.2, 0) is 12.7 Å². The molecule has 0 aliphatic carbocycles. The number of alkyl halides is 3. The smallest absolute Gasteiger partial charge is 0.416 e. The van der Waals surface area contributed by atoms with E-state index >= 15 is 0 Å². The Labute approximate surface area is 299 Å². The molecule has 5 rings (SSSR count). The maximum absolute atomic E-state index is 13.8. The molecule has 14 heteroatoms. The lowest BCUT2D eigenvalue weighted by Gasteiger charge is -2.38. The lowest BCUT2D eigenvalue weighted by atomic mass is 9.99. The van der Waals surface area contributed by atoms with E-state index in [4.69, 9.17) is 10.5 Å². The molecular weight excluding hydrogens is 677 g/mol. The van der Waals surface area contributed by atoms with Crippen molar-refractivity contribution in [2.75, 3.05) is 48.4 Å². The van der Waals surface area contributed by atoms with E-state index in [2.05, 4.69) is 20.9 Å². The highest BCUT2D eigenvalue weighted by Gasteiger charge is 2.34. The molecule has 0 radical (unpaired) electrons. The number of halogens is 3. The van der Waals surface area contributed by atoms with Gasteiger partial charge >= 0.3 is 12.2 Å². The van der Waals surface area contributed by atoms with Crippen molar-refractivity contribution in [2.24, 2.45) is 5.92 Å². The lowest BCUT2D eigenvalue weighted by molar-refractivity contribution is -0.137. The zero-order valence-electron chi connectivity index (χ0n) is 28.9. The number of aliphatic hydroxyl groups is 1. The number of likely N-dealkylation sites (N-methyl/N-ethyl adjacent to an activating group) is 1. The number of carbonyl (C=O) groups excluding carboxylic acids is 3. The van der Waals surface area contributed by atoms with Gasteiger partial charge in [0.1, 0.15) is 11.9 Å². The Kier molecular flexibility index (Phi) is 11.7. The van der Waals surface area contributed by atoms with Crippen LogP contribution in [0.5, 0.6) is 5.75 Å². The number of nitrogens with zero attached hydrogens (tertiary/aromatic N) is 2. The summed E-state index contributed by atoms with van der Waals surface area (Å²) in [7, 11) is 1.94. The standard InChI is InChI=1S/C38H41F3N6O5/c1-23-19-47(24(2)22-48)36(50)30-18-29(44-37(51)43-28-14-12-27(13-15-28)38(39,40)41)16-17-33(30)52-34(23)21-46(3)20-25-8-10-26(11-9-25)35(49)45-32-7-5-4-6-31(32)42/h4-18,23-24,34,48H,19-22,42H2,1-3H3,(H,45,49)(H2,43,44,51)/t23-,24-,34-/m1/s1. The summed E-state index contributed by atoms with van der Waals surface area (Å²) in [5, 5.41) is 17.9. The molecule has 0 saturated carbocycles. The predicted octanol–water partition coefficient (Wildman–Crippen LogP) is 6.54. The molecule has 0 fully saturated rings. The summed E-state index contributed by atoms with van der Waals surface area (Å²) in [4.78, 5) is 43.0. The van der Waals surface area contributed by atoms with Gasteiger partial charge in [-0.1, -0.05) is 31.2 Å². The average Bonchev–Trinajstić information content (AvgIpc) is 3.10. The first-order valence-corrected chi connectivity index (χ1v) is 16.6. The number of amides is 4. The highest BCUT2D eigenvalue weighted by atomic mass is 19.4. The van der Waals surface area contributed by atoms with Crippen LogP contribution < -0.4 is 26.4 Å². The van der Waals surface area contributed by atoms with Crippen molar-refractivity contribution in [3.05, 3.63) is 113 Å². The molecule has 6 N–H and O–H groups in total. The number of rotatable bonds is 10. The van der Waals surface area contributed by atoms with E-state index in [-0.39, 0.29) is 47.4 Å². The van der Waals surface area contributed by atoms with Crippen LogP contribution in [0.15, 0.2) is 91.0 Å². The summed E-state index contributed by atoms with van der Waals surface area (Å²) < 4.78 is 45.2. The number of hydrogen-bond acceptors (Lipinski definition) is 7. The molecular formula is C38H41F3N6O5. The minimum atomic E-state index is -4.50. The average molecular weight is 719 g/mol. The fraction of sp³-hybridized carbons (Fsp3) is 0.289. The van der Waals surface area contributed by atoms with Gasteiger partial charge in [-0.15, -0.1) is 0 Å². The van der Waals surface area contributed by atoms with E-state index in [0.717, 1.165) is 29.8 Å². The summed E-state index contributed by atoms with van der Waals surface area (Å²) in [5.74, 6) is -0.505. The summed E-state index contributed by atoms with van der Waals surface area (Å²) >= 11 is 0. The van der Waals surface area contributed by atoms with E-state index in [0.29, 0.717) is 42.3 Å². The SMILES string of the molecule is C[C@@H]1CN([C@H](C)CO)C(=O)c2cc(NC(=O)Nc3ccc(C(F)(F)F)cc3)ccc2O[C@@H]1CN(C)Cc1ccc(C(=O)Nc2ccccc2N)cc1. The topological polar surface area (TPSA) is 149 Å². The Hall–Kier alpha value is -5.60. The van der Waals surface area contributed by atoms with Crippen LogP contribution in [0.25, 0.3) is 0 Å². The number of nitrogens with two attached hydrogens (primary N) is 1. The molecule has 0 spiro atoms.